The first-order chi connectivity index (χ1) is 27.8. The number of aliphatic hydroxyl groups excluding tert-OH is 1. The molecule has 4 heterocycles. The van der Waals surface area contributed by atoms with Crippen LogP contribution in [0.25, 0.3) is 0 Å². The van der Waals surface area contributed by atoms with E-state index < -0.39 is 53.1 Å². The lowest BCUT2D eigenvalue weighted by atomic mass is 9.69. The fraction of sp³-hybridized carbons (Fsp3) is 0.452. The number of Topliss-reactive ketones (excluding diaryl/α,β-unsaturated/α-hetero) is 2. The number of aromatic nitrogens is 1. The highest BCUT2D eigenvalue weighted by Crippen LogP contribution is 2.56. The van der Waals surface area contributed by atoms with E-state index >= 15 is 0 Å². The third-order valence-electron chi connectivity index (χ3n) is 11.9. The third-order valence-corrected chi connectivity index (χ3v) is 12.9. The summed E-state index contributed by atoms with van der Waals surface area (Å²) in [5.74, 6) is -4.20. The van der Waals surface area contributed by atoms with Gasteiger partial charge in [0.05, 0.1) is 21.3 Å². The quantitative estimate of drug-likeness (QED) is 0.222. The second-order valence-electron chi connectivity index (χ2n) is 15.3. The molecule has 6 atom stereocenters. The summed E-state index contributed by atoms with van der Waals surface area (Å²) < 4.78 is 24.4. The Balaban J connectivity index is 1.24. The number of aromatic hydroxyl groups is 1. The minimum absolute atomic E-state index is 0.0272. The van der Waals surface area contributed by atoms with E-state index in [0.717, 1.165) is 12.1 Å². The number of ketones is 2. The fourth-order valence-electron chi connectivity index (χ4n) is 9.06. The first-order valence-corrected chi connectivity index (χ1v) is 20.8. The van der Waals surface area contributed by atoms with Crippen molar-refractivity contribution in [3.05, 3.63) is 86.0 Å². The minimum Gasteiger partial charge on any atom is -0.507 e. The molecule has 2 amide bonds. The van der Waals surface area contributed by atoms with Crippen LogP contribution in [0.15, 0.2) is 58.6 Å². The molecule has 2 aromatic carbocycles. The number of carbonyl (C=O) groups excluding carboxylic acids is 4. The maximum absolute atomic E-state index is 14.5. The predicted molar refractivity (Wildman–Crippen MR) is 216 cm³/mol. The normalized spacial score (nSPS) is 23.1. The van der Waals surface area contributed by atoms with Gasteiger partial charge in [-0.2, -0.15) is 11.8 Å². The number of nitrogens with zero attached hydrogens (tertiary/aromatic N) is 2. The lowest BCUT2D eigenvalue weighted by molar-refractivity contribution is -0.139. The zero-order valence-corrected chi connectivity index (χ0v) is 34.4. The van der Waals surface area contributed by atoms with Crippen LogP contribution in [0.3, 0.4) is 0 Å². The Labute approximate surface area is 344 Å². The van der Waals surface area contributed by atoms with Gasteiger partial charge in [-0.1, -0.05) is 30.7 Å². The van der Waals surface area contributed by atoms with Gasteiger partial charge >= 0.3 is 0 Å². The van der Waals surface area contributed by atoms with Gasteiger partial charge in [-0.05, 0) is 54.5 Å². The van der Waals surface area contributed by atoms with Gasteiger partial charge in [0.25, 0.3) is 5.56 Å². The van der Waals surface area contributed by atoms with Crippen molar-refractivity contribution >= 4 is 46.7 Å². The molecule has 3 aromatic rings. The van der Waals surface area contributed by atoms with Crippen molar-refractivity contribution in [3.63, 3.8) is 0 Å². The molecule has 2 bridgehead atoms. The lowest BCUT2D eigenvalue weighted by Gasteiger charge is -2.43. The number of hydrogen-bond donors (Lipinski definition) is 3. The number of piperidine rings is 1. The Morgan fingerprint density at radius 3 is 2.47 bits per heavy atom. The highest BCUT2D eigenvalue weighted by atomic mass is 35.5. The number of methoxy groups -OCH3 is 3. The van der Waals surface area contributed by atoms with Crippen molar-refractivity contribution < 1.29 is 48.3 Å². The van der Waals surface area contributed by atoms with E-state index in [1.165, 1.54) is 57.4 Å². The Morgan fingerprint density at radius 2 is 1.76 bits per heavy atom. The summed E-state index contributed by atoms with van der Waals surface area (Å²) in [7, 11) is 4.09. The Hall–Kier alpha value is -5.15. The molecular weight excluding hydrogens is 790 g/mol. The second kappa shape index (κ2) is 16.2. The molecule has 0 saturated carbocycles. The number of phenolic OH excluding ortho intramolecular Hbond substituents is 1. The summed E-state index contributed by atoms with van der Waals surface area (Å²) in [5, 5.41) is 25.7. The Morgan fingerprint density at radius 1 is 1.02 bits per heavy atom. The van der Waals surface area contributed by atoms with Crippen LogP contribution in [0.5, 0.6) is 28.7 Å². The summed E-state index contributed by atoms with van der Waals surface area (Å²) in [6.07, 6.45) is 2.40. The minimum atomic E-state index is -2.11. The number of amides is 2. The van der Waals surface area contributed by atoms with E-state index in [-0.39, 0.29) is 74.6 Å². The largest absolute Gasteiger partial charge is 0.507 e. The van der Waals surface area contributed by atoms with E-state index in [9.17, 15) is 34.2 Å². The average Bonchev–Trinajstić information content (AvgIpc) is 3.53. The maximum Gasteiger partial charge on any atom is 0.250 e. The number of fused-ring (bicyclic) bond motifs is 5. The maximum atomic E-state index is 14.5. The number of allylic oxidation sites excluding steroid dienone is 1. The highest BCUT2D eigenvalue weighted by molar-refractivity contribution is 7.98. The molecule has 3 N–H and O–H groups in total. The van der Waals surface area contributed by atoms with E-state index in [2.05, 4.69) is 5.32 Å². The number of pyridine rings is 1. The van der Waals surface area contributed by atoms with Gasteiger partial charge in [-0.25, -0.2) is 0 Å². The van der Waals surface area contributed by atoms with Crippen LogP contribution in [-0.4, -0.2) is 101 Å². The van der Waals surface area contributed by atoms with Crippen molar-refractivity contribution in [2.45, 2.75) is 62.6 Å². The lowest BCUT2D eigenvalue weighted by Crippen LogP contribution is -2.55. The van der Waals surface area contributed by atoms with Crippen LogP contribution in [0.4, 0.5) is 0 Å². The summed E-state index contributed by atoms with van der Waals surface area (Å²) in [4.78, 5) is 71.7. The summed E-state index contributed by atoms with van der Waals surface area (Å²) in [5.41, 5.74) is -1.25. The number of thioether (sulfide) groups is 1. The Kier molecular flexibility index (Phi) is 11.5. The number of aliphatic hydroxyl groups is 1. The van der Waals surface area contributed by atoms with Crippen LogP contribution in [0.1, 0.15) is 66.1 Å². The Bertz CT molecular complexity index is 2280. The SMILES string of the molecule is COc1cc(C(CC(=O)N[C@@H](CCSC)C(=O)N2CC3CC(C2)c2cccc(=O)n2C3)C2=C(O)[C@@]3(Oc4c(Cl)c(OC)cc(OC)c4C3=O)[C@H](C)CC2=O)ccc1O. The van der Waals surface area contributed by atoms with Crippen molar-refractivity contribution in [2.75, 3.05) is 46.4 Å². The molecule has 1 saturated heterocycles. The number of carbonyl (C=O) groups is 4. The molecule has 308 valence electrons. The van der Waals surface area contributed by atoms with Crippen LogP contribution in [0, 0.1) is 11.8 Å². The van der Waals surface area contributed by atoms with Crippen molar-refractivity contribution in [3.8, 4) is 28.7 Å². The van der Waals surface area contributed by atoms with Crippen LogP contribution in [-0.2, 0) is 20.9 Å². The van der Waals surface area contributed by atoms with Gasteiger partial charge in [0.2, 0.25) is 23.2 Å². The summed E-state index contributed by atoms with van der Waals surface area (Å²) in [6.45, 7) is 2.94. The molecule has 16 heteroatoms. The van der Waals surface area contributed by atoms with Crippen LogP contribution >= 0.6 is 23.4 Å². The van der Waals surface area contributed by atoms with E-state index in [0.29, 0.717) is 37.4 Å². The number of likely N-dealkylation sites (tertiary alicyclic amines) is 1. The second-order valence-corrected chi connectivity index (χ2v) is 16.7. The number of rotatable bonds is 12. The molecule has 0 radical (unpaired) electrons. The van der Waals surface area contributed by atoms with E-state index in [1.807, 2.05) is 12.3 Å². The molecule has 4 aliphatic rings. The fourth-order valence-corrected chi connectivity index (χ4v) is 9.80. The van der Waals surface area contributed by atoms with Gasteiger partial charge in [-0.3, -0.25) is 24.0 Å². The molecule has 14 nitrogen and oxygen atoms in total. The van der Waals surface area contributed by atoms with Crippen LogP contribution in [0.2, 0.25) is 5.02 Å². The number of ether oxygens (including phenoxy) is 4. The number of benzene rings is 2. The highest BCUT2D eigenvalue weighted by Gasteiger charge is 2.61. The molecule has 58 heavy (non-hydrogen) atoms. The first-order valence-electron chi connectivity index (χ1n) is 19.1. The molecule has 1 spiro atoms. The molecule has 3 aliphatic heterocycles. The molecule has 7 rings (SSSR count). The number of halogens is 1. The van der Waals surface area contributed by atoms with Crippen molar-refractivity contribution in [1.82, 2.24) is 14.8 Å². The predicted octanol–water partition coefficient (Wildman–Crippen LogP) is 5.03. The van der Waals surface area contributed by atoms with Crippen LogP contribution < -0.4 is 29.8 Å². The summed E-state index contributed by atoms with van der Waals surface area (Å²) in [6, 6.07) is 10.0. The van der Waals surface area contributed by atoms with Gasteiger partial charge in [-0.15, -0.1) is 0 Å². The van der Waals surface area contributed by atoms with Crippen molar-refractivity contribution in [1.29, 1.82) is 0 Å². The standard InChI is InChI=1S/C42H46ClN3O11S/c1-21-13-29(48)35(39(51)42(21)40(52)36-31(55-3)17-32(56-4)37(43)38(36)57-42)25(23-9-10-28(47)30(15-23)54-2)16-33(49)44-26(11-12-58-5)41(53)45-18-22-14-24(20-45)27-7-6-8-34(50)46(27)19-22/h6-10,15,17,21-22,24-26,47,51H,11-14,16,18-20H2,1-5H3,(H,44,49)/t21-,22?,24?,25?,26+,42+/m1/s1. The number of hydrogen-bond acceptors (Lipinski definition) is 12. The van der Waals surface area contributed by atoms with E-state index in [4.69, 9.17) is 30.5 Å². The van der Waals surface area contributed by atoms with Gasteiger partial charge in [0, 0.05) is 73.6 Å². The average molecular weight is 836 g/mol. The van der Waals surface area contributed by atoms with Crippen molar-refractivity contribution in [2.24, 2.45) is 11.8 Å². The molecule has 3 unspecified atom stereocenters. The smallest absolute Gasteiger partial charge is 0.250 e. The molecule has 1 fully saturated rings. The van der Waals surface area contributed by atoms with E-state index in [1.54, 1.807) is 28.5 Å². The summed E-state index contributed by atoms with van der Waals surface area (Å²) >= 11 is 8.18. The number of nitrogens with one attached hydrogen (secondary N) is 1. The zero-order chi connectivity index (χ0) is 41.6. The molecule has 1 aliphatic carbocycles. The third kappa shape index (κ3) is 6.95. The molecular formula is C42H46ClN3O11S. The monoisotopic (exact) mass is 835 g/mol. The van der Waals surface area contributed by atoms with Gasteiger partial charge < -0.3 is 43.9 Å². The van der Waals surface area contributed by atoms with Gasteiger partial charge in [0.15, 0.2) is 28.8 Å². The zero-order valence-electron chi connectivity index (χ0n) is 32.8. The first kappa shape index (κ1) is 41.0. The van der Waals surface area contributed by atoms with Gasteiger partial charge in [0.1, 0.15) is 28.1 Å². The molecule has 1 aromatic heterocycles. The number of phenols is 1. The topological polar surface area (TPSA) is 183 Å².